The number of hydrogen-bond donors (Lipinski definition) is 2. The van der Waals surface area contributed by atoms with Crippen LogP contribution in [0.15, 0.2) is 97.1 Å². The van der Waals surface area contributed by atoms with Crippen molar-refractivity contribution in [2.24, 2.45) is 0 Å². The number of amides is 2. The number of phenols is 2. The van der Waals surface area contributed by atoms with Gasteiger partial charge in [0, 0.05) is 24.8 Å². The number of urea groups is 1. The normalized spacial score (nSPS) is 15.8. The van der Waals surface area contributed by atoms with Crippen LogP contribution in [-0.2, 0) is 0 Å². The smallest absolute Gasteiger partial charge is 0.324 e. The molecule has 164 valence electrons. The summed E-state index contributed by atoms with van der Waals surface area (Å²) in [5, 5.41) is 20.7. The van der Waals surface area contributed by atoms with Crippen molar-refractivity contribution >= 4 is 11.7 Å². The number of likely N-dealkylation sites (N-methyl/N-ethyl adjacent to an activating group) is 1. The van der Waals surface area contributed by atoms with Crippen molar-refractivity contribution in [3.8, 4) is 33.8 Å². The molecule has 1 fully saturated rings. The molecule has 1 aliphatic heterocycles. The molecular formula is C28H24N2O3. The summed E-state index contributed by atoms with van der Waals surface area (Å²) in [7, 11) is 1.77. The highest BCUT2D eigenvalue weighted by atomic mass is 16.3. The van der Waals surface area contributed by atoms with Crippen molar-refractivity contribution in [2.75, 3.05) is 18.5 Å². The average Bonchev–Trinajstić information content (AvgIpc) is 3.13. The zero-order chi connectivity index (χ0) is 22.9. The van der Waals surface area contributed by atoms with E-state index in [0.29, 0.717) is 12.1 Å². The third kappa shape index (κ3) is 3.89. The maximum absolute atomic E-state index is 13.0. The van der Waals surface area contributed by atoms with Crippen molar-refractivity contribution in [3.05, 3.63) is 103 Å². The largest absolute Gasteiger partial charge is 0.508 e. The molecule has 1 saturated heterocycles. The molecule has 1 aliphatic rings. The summed E-state index contributed by atoms with van der Waals surface area (Å²) in [5.41, 5.74) is 5.27. The fourth-order valence-corrected chi connectivity index (χ4v) is 4.40. The van der Waals surface area contributed by atoms with Crippen LogP contribution in [0.3, 0.4) is 0 Å². The molecule has 0 spiro atoms. The second-order valence-electron chi connectivity index (χ2n) is 8.29. The fourth-order valence-electron chi connectivity index (χ4n) is 4.40. The average molecular weight is 437 g/mol. The summed E-state index contributed by atoms with van der Waals surface area (Å²) in [4.78, 5) is 16.4. The molecule has 33 heavy (non-hydrogen) atoms. The van der Waals surface area contributed by atoms with Crippen LogP contribution in [0.1, 0.15) is 11.6 Å². The number of hydrogen-bond acceptors (Lipinski definition) is 3. The number of rotatable bonds is 4. The lowest BCUT2D eigenvalue weighted by Crippen LogP contribution is -2.30. The minimum absolute atomic E-state index is 0.107. The third-order valence-electron chi connectivity index (χ3n) is 6.11. The summed E-state index contributed by atoms with van der Waals surface area (Å²) in [6, 6.07) is 29.9. The number of carbonyl (C=O) groups is 1. The summed E-state index contributed by atoms with van der Waals surface area (Å²) >= 11 is 0. The number of phenolic OH excluding ortho intramolecular Hbond substituents is 2. The van der Waals surface area contributed by atoms with E-state index in [1.807, 2.05) is 60.7 Å². The minimum Gasteiger partial charge on any atom is -0.508 e. The first-order chi connectivity index (χ1) is 16.0. The van der Waals surface area contributed by atoms with Gasteiger partial charge in [0.05, 0.1) is 6.04 Å². The molecule has 0 bridgehead atoms. The number of carbonyl (C=O) groups excluding carboxylic acids is 1. The summed E-state index contributed by atoms with van der Waals surface area (Å²) in [5.74, 6) is 0.291. The van der Waals surface area contributed by atoms with Crippen LogP contribution in [-0.4, -0.2) is 34.7 Å². The molecule has 0 saturated carbocycles. The van der Waals surface area contributed by atoms with E-state index in [0.717, 1.165) is 27.9 Å². The molecule has 1 heterocycles. The van der Waals surface area contributed by atoms with Crippen LogP contribution in [0.4, 0.5) is 10.5 Å². The molecule has 4 aromatic rings. The van der Waals surface area contributed by atoms with Crippen LogP contribution >= 0.6 is 0 Å². The number of anilines is 1. The molecule has 0 aromatic heterocycles. The Labute approximate surface area is 192 Å². The Morgan fingerprint density at radius 2 is 1.36 bits per heavy atom. The number of aromatic hydroxyl groups is 2. The Morgan fingerprint density at radius 1 is 0.727 bits per heavy atom. The number of nitrogens with zero attached hydrogens (tertiary/aromatic N) is 2. The Hall–Kier alpha value is -4.25. The van der Waals surface area contributed by atoms with E-state index in [1.54, 1.807) is 41.1 Å². The van der Waals surface area contributed by atoms with Gasteiger partial charge in [0.25, 0.3) is 0 Å². The lowest BCUT2D eigenvalue weighted by Gasteiger charge is -2.24. The van der Waals surface area contributed by atoms with E-state index in [2.05, 4.69) is 12.1 Å². The van der Waals surface area contributed by atoms with Gasteiger partial charge in [0.1, 0.15) is 11.5 Å². The lowest BCUT2D eigenvalue weighted by molar-refractivity contribution is 0.229. The van der Waals surface area contributed by atoms with Crippen molar-refractivity contribution in [1.29, 1.82) is 0 Å². The van der Waals surface area contributed by atoms with Crippen LogP contribution in [0.5, 0.6) is 11.5 Å². The first-order valence-corrected chi connectivity index (χ1v) is 10.8. The molecule has 5 heteroatoms. The highest BCUT2D eigenvalue weighted by molar-refractivity contribution is 5.95. The van der Waals surface area contributed by atoms with Crippen molar-refractivity contribution in [2.45, 2.75) is 6.04 Å². The topological polar surface area (TPSA) is 64.0 Å². The van der Waals surface area contributed by atoms with Crippen molar-refractivity contribution < 1.29 is 15.0 Å². The SMILES string of the molecule is CN1CC(c2ccc(-c3cccc(O)c3)cc2O)N(c2ccc(-c3ccccc3)cc2)C1=O. The molecule has 2 amide bonds. The standard InChI is InChI=1S/C28H24N2O3/c1-29-18-26(25-15-12-22(17-27(25)32)21-8-5-9-24(31)16-21)30(28(29)33)23-13-10-20(11-14-23)19-6-3-2-4-7-19/h2-17,26,31-32H,18H2,1H3. The molecule has 1 unspecified atom stereocenters. The van der Waals surface area contributed by atoms with Gasteiger partial charge in [-0.1, -0.05) is 66.7 Å². The lowest BCUT2D eigenvalue weighted by atomic mass is 9.98. The maximum atomic E-state index is 13.0. The molecule has 1 atom stereocenters. The summed E-state index contributed by atoms with van der Waals surface area (Å²) < 4.78 is 0. The second kappa shape index (κ2) is 8.36. The van der Waals surface area contributed by atoms with Gasteiger partial charge in [-0.3, -0.25) is 4.90 Å². The summed E-state index contributed by atoms with van der Waals surface area (Å²) in [6.07, 6.45) is 0. The highest BCUT2D eigenvalue weighted by Crippen LogP contribution is 2.39. The van der Waals surface area contributed by atoms with Gasteiger partial charge in [-0.2, -0.15) is 0 Å². The van der Waals surface area contributed by atoms with Crippen LogP contribution in [0.2, 0.25) is 0 Å². The molecular weight excluding hydrogens is 412 g/mol. The molecule has 0 radical (unpaired) electrons. The van der Waals surface area contributed by atoms with Crippen LogP contribution < -0.4 is 4.90 Å². The molecule has 4 aromatic carbocycles. The van der Waals surface area contributed by atoms with Gasteiger partial charge >= 0.3 is 6.03 Å². The summed E-state index contributed by atoms with van der Waals surface area (Å²) in [6.45, 7) is 0.471. The van der Waals surface area contributed by atoms with E-state index >= 15 is 0 Å². The molecule has 2 N–H and O–H groups in total. The predicted octanol–water partition coefficient (Wildman–Crippen LogP) is 6.04. The Kier molecular flexibility index (Phi) is 5.23. The highest BCUT2D eigenvalue weighted by Gasteiger charge is 2.38. The fraction of sp³-hybridized carbons (Fsp3) is 0.107. The van der Waals surface area contributed by atoms with Crippen LogP contribution in [0, 0.1) is 0 Å². The van der Waals surface area contributed by atoms with Crippen molar-refractivity contribution in [1.82, 2.24) is 4.90 Å². The van der Waals surface area contributed by atoms with E-state index in [9.17, 15) is 15.0 Å². The predicted molar refractivity (Wildman–Crippen MR) is 130 cm³/mol. The zero-order valence-corrected chi connectivity index (χ0v) is 18.2. The Balaban J connectivity index is 1.48. The molecule has 5 nitrogen and oxygen atoms in total. The van der Waals surface area contributed by atoms with E-state index < -0.39 is 0 Å². The molecule has 0 aliphatic carbocycles. The van der Waals surface area contributed by atoms with Gasteiger partial charge in [-0.25, -0.2) is 4.79 Å². The third-order valence-corrected chi connectivity index (χ3v) is 6.11. The van der Waals surface area contributed by atoms with Gasteiger partial charge in [0.2, 0.25) is 0 Å². The second-order valence-corrected chi connectivity index (χ2v) is 8.29. The first kappa shape index (κ1) is 20.6. The Bertz CT molecular complexity index is 1300. The first-order valence-electron chi connectivity index (χ1n) is 10.8. The van der Waals surface area contributed by atoms with Gasteiger partial charge in [0.15, 0.2) is 0 Å². The number of benzene rings is 4. The Morgan fingerprint density at radius 3 is 2.06 bits per heavy atom. The quantitative estimate of drug-likeness (QED) is 0.410. The van der Waals surface area contributed by atoms with Gasteiger partial charge in [-0.15, -0.1) is 0 Å². The minimum atomic E-state index is -0.316. The monoisotopic (exact) mass is 436 g/mol. The van der Waals surface area contributed by atoms with Crippen molar-refractivity contribution in [3.63, 3.8) is 0 Å². The van der Waals surface area contributed by atoms with Crippen LogP contribution in [0.25, 0.3) is 22.3 Å². The van der Waals surface area contributed by atoms with Gasteiger partial charge < -0.3 is 15.1 Å². The van der Waals surface area contributed by atoms with E-state index in [-0.39, 0.29) is 23.6 Å². The molecule has 5 rings (SSSR count). The maximum Gasteiger partial charge on any atom is 0.324 e. The van der Waals surface area contributed by atoms with E-state index in [4.69, 9.17) is 0 Å². The van der Waals surface area contributed by atoms with Gasteiger partial charge in [-0.05, 0) is 52.6 Å². The zero-order valence-electron chi connectivity index (χ0n) is 18.2. The van der Waals surface area contributed by atoms with E-state index in [1.165, 1.54) is 0 Å².